The van der Waals surface area contributed by atoms with Crippen LogP contribution in [0, 0.1) is 0 Å². The van der Waals surface area contributed by atoms with Crippen molar-refractivity contribution in [1.29, 1.82) is 0 Å². The van der Waals surface area contributed by atoms with E-state index in [1.165, 1.54) is 18.4 Å². The first kappa shape index (κ1) is 20.1. The summed E-state index contributed by atoms with van der Waals surface area (Å²) in [5, 5.41) is 7.75. The Hall–Kier alpha value is -0.860. The number of piperazine rings is 1. The Morgan fingerprint density at radius 1 is 1.38 bits per heavy atom. The molecule has 1 aliphatic heterocycles. The minimum Gasteiger partial charge on any atom is -0.465 e. The molecule has 0 radical (unpaired) electrons. The maximum atomic E-state index is 11.9. The van der Waals surface area contributed by atoms with Gasteiger partial charge in [0.2, 0.25) is 5.91 Å². The molecular weight excluding hydrogens is 337 g/mol. The zero-order valence-electron chi connectivity index (χ0n) is 11.6. The van der Waals surface area contributed by atoms with Gasteiger partial charge in [-0.15, -0.1) is 36.2 Å². The van der Waals surface area contributed by atoms with Crippen LogP contribution in [0.15, 0.2) is 11.4 Å². The molecule has 2 rings (SSSR count). The summed E-state index contributed by atoms with van der Waals surface area (Å²) in [5.41, 5.74) is 0.525. The number of hydrogen-bond acceptors (Lipinski definition) is 6. The second kappa shape index (κ2) is 9.97. The van der Waals surface area contributed by atoms with E-state index in [9.17, 15) is 9.59 Å². The van der Waals surface area contributed by atoms with Crippen molar-refractivity contribution in [2.45, 2.75) is 0 Å². The molecule has 1 fully saturated rings. The van der Waals surface area contributed by atoms with E-state index in [-0.39, 0.29) is 30.7 Å². The summed E-state index contributed by atoms with van der Waals surface area (Å²) in [6.45, 7) is 3.87. The number of methoxy groups -OCH3 is 1. The van der Waals surface area contributed by atoms with Crippen molar-refractivity contribution in [1.82, 2.24) is 10.2 Å². The number of amides is 1. The van der Waals surface area contributed by atoms with Gasteiger partial charge in [-0.25, -0.2) is 4.79 Å². The first-order valence-electron chi connectivity index (χ1n) is 6.09. The molecular formula is C12H19Cl2N3O3S. The van der Waals surface area contributed by atoms with Crippen LogP contribution in [0.3, 0.4) is 0 Å². The summed E-state index contributed by atoms with van der Waals surface area (Å²) in [5.74, 6) is -0.530. The summed E-state index contributed by atoms with van der Waals surface area (Å²) in [6.07, 6.45) is 0. The molecule has 2 N–H and O–H groups in total. The summed E-state index contributed by atoms with van der Waals surface area (Å²) in [7, 11) is 1.33. The Morgan fingerprint density at radius 2 is 2.05 bits per heavy atom. The monoisotopic (exact) mass is 355 g/mol. The molecule has 0 bridgehead atoms. The smallest absolute Gasteiger partial charge is 0.350 e. The Kier molecular flexibility index (Phi) is 9.56. The maximum Gasteiger partial charge on any atom is 0.350 e. The van der Waals surface area contributed by atoms with Gasteiger partial charge >= 0.3 is 5.97 Å². The zero-order valence-corrected chi connectivity index (χ0v) is 14.0. The predicted molar refractivity (Wildman–Crippen MR) is 88.1 cm³/mol. The number of carbonyl (C=O) groups is 2. The number of thiophene rings is 1. The lowest BCUT2D eigenvalue weighted by molar-refractivity contribution is -0.117. The van der Waals surface area contributed by atoms with Crippen LogP contribution in [0.25, 0.3) is 0 Å². The lowest BCUT2D eigenvalue weighted by Crippen LogP contribution is -2.46. The molecule has 2 heterocycles. The van der Waals surface area contributed by atoms with Gasteiger partial charge in [0.25, 0.3) is 0 Å². The van der Waals surface area contributed by atoms with Crippen LogP contribution in [0.5, 0.6) is 0 Å². The maximum absolute atomic E-state index is 11.9. The van der Waals surface area contributed by atoms with Crippen LogP contribution in [0.1, 0.15) is 9.67 Å². The standard InChI is InChI=1S/C12H17N3O3S.2ClH/c1-18-12(17)11-9(2-7-19-11)14-10(16)8-15-5-3-13-4-6-15;;/h2,7,13H,3-6,8H2,1H3,(H,14,16);2*1H. The molecule has 1 saturated heterocycles. The van der Waals surface area contributed by atoms with Crippen LogP contribution >= 0.6 is 36.2 Å². The van der Waals surface area contributed by atoms with Gasteiger partial charge in [0.1, 0.15) is 4.88 Å². The van der Waals surface area contributed by atoms with Crippen molar-refractivity contribution < 1.29 is 14.3 Å². The van der Waals surface area contributed by atoms with Gasteiger partial charge in [0.05, 0.1) is 19.3 Å². The summed E-state index contributed by atoms with van der Waals surface area (Å²) >= 11 is 1.26. The molecule has 0 aromatic carbocycles. The average Bonchev–Trinajstić information content (AvgIpc) is 2.87. The molecule has 1 aromatic rings. The third kappa shape index (κ3) is 5.80. The molecule has 1 amide bonds. The number of anilines is 1. The van der Waals surface area contributed by atoms with Gasteiger partial charge < -0.3 is 15.4 Å². The second-order valence-corrected chi connectivity index (χ2v) is 5.15. The van der Waals surface area contributed by atoms with Crippen molar-refractivity contribution in [3.8, 4) is 0 Å². The van der Waals surface area contributed by atoms with Gasteiger partial charge in [-0.3, -0.25) is 9.69 Å². The highest BCUT2D eigenvalue weighted by molar-refractivity contribution is 7.12. The fraction of sp³-hybridized carbons (Fsp3) is 0.500. The largest absolute Gasteiger partial charge is 0.465 e. The Balaban J connectivity index is 0.00000200. The molecule has 1 aliphatic rings. The van der Waals surface area contributed by atoms with Crippen LogP contribution in [0.4, 0.5) is 5.69 Å². The van der Waals surface area contributed by atoms with Gasteiger partial charge in [-0.05, 0) is 11.4 Å². The number of esters is 1. The summed E-state index contributed by atoms with van der Waals surface area (Å²) in [4.78, 5) is 25.9. The van der Waals surface area contributed by atoms with E-state index < -0.39 is 5.97 Å². The van der Waals surface area contributed by atoms with Crippen LogP contribution in [0.2, 0.25) is 0 Å². The van der Waals surface area contributed by atoms with Crippen LogP contribution in [-0.4, -0.2) is 56.6 Å². The summed E-state index contributed by atoms with van der Waals surface area (Å²) in [6, 6.07) is 1.71. The second-order valence-electron chi connectivity index (χ2n) is 4.23. The number of hydrogen-bond donors (Lipinski definition) is 2. The number of carbonyl (C=O) groups excluding carboxylic acids is 2. The van der Waals surface area contributed by atoms with Crippen molar-refractivity contribution >= 4 is 53.7 Å². The van der Waals surface area contributed by atoms with Gasteiger partial charge in [0.15, 0.2) is 0 Å². The van der Waals surface area contributed by atoms with Gasteiger partial charge in [0, 0.05) is 26.2 Å². The molecule has 120 valence electrons. The lowest BCUT2D eigenvalue weighted by atomic mass is 10.3. The van der Waals surface area contributed by atoms with Gasteiger partial charge in [-0.1, -0.05) is 0 Å². The van der Waals surface area contributed by atoms with Crippen molar-refractivity contribution in [2.75, 3.05) is 45.2 Å². The van der Waals surface area contributed by atoms with Crippen molar-refractivity contribution in [2.24, 2.45) is 0 Å². The van der Waals surface area contributed by atoms with Crippen molar-refractivity contribution in [3.63, 3.8) is 0 Å². The number of halogens is 2. The van der Waals surface area contributed by atoms with Crippen LogP contribution in [-0.2, 0) is 9.53 Å². The van der Waals surface area contributed by atoms with E-state index in [1.54, 1.807) is 11.4 Å². The van der Waals surface area contributed by atoms with E-state index in [0.717, 1.165) is 26.2 Å². The van der Waals surface area contributed by atoms with Gasteiger partial charge in [-0.2, -0.15) is 0 Å². The average molecular weight is 356 g/mol. The first-order valence-corrected chi connectivity index (χ1v) is 6.97. The minimum absolute atomic E-state index is 0. The minimum atomic E-state index is -0.424. The number of ether oxygens (including phenoxy) is 1. The normalized spacial score (nSPS) is 14.5. The predicted octanol–water partition coefficient (Wildman–Crippen LogP) is 1.22. The highest BCUT2D eigenvalue weighted by Crippen LogP contribution is 2.22. The molecule has 0 atom stereocenters. The molecule has 0 spiro atoms. The van der Waals surface area contributed by atoms with E-state index in [1.807, 2.05) is 0 Å². The molecule has 6 nitrogen and oxygen atoms in total. The number of nitrogens with zero attached hydrogens (tertiary/aromatic N) is 1. The molecule has 21 heavy (non-hydrogen) atoms. The molecule has 0 saturated carbocycles. The zero-order chi connectivity index (χ0) is 13.7. The molecule has 9 heteroatoms. The third-order valence-electron chi connectivity index (χ3n) is 2.89. The Morgan fingerprint density at radius 3 is 2.67 bits per heavy atom. The Bertz CT molecular complexity index is 464. The molecule has 0 unspecified atom stereocenters. The van der Waals surface area contributed by atoms with E-state index in [4.69, 9.17) is 0 Å². The fourth-order valence-electron chi connectivity index (χ4n) is 1.92. The highest BCUT2D eigenvalue weighted by Gasteiger charge is 2.17. The van der Waals surface area contributed by atoms with E-state index in [0.29, 0.717) is 17.1 Å². The summed E-state index contributed by atoms with van der Waals surface area (Å²) < 4.78 is 4.67. The highest BCUT2D eigenvalue weighted by atomic mass is 35.5. The SMILES string of the molecule is COC(=O)c1sccc1NC(=O)CN1CCNCC1.Cl.Cl. The first-order chi connectivity index (χ1) is 9.20. The molecule has 1 aromatic heterocycles. The topological polar surface area (TPSA) is 70.7 Å². The number of nitrogens with one attached hydrogen (secondary N) is 2. The third-order valence-corrected chi connectivity index (χ3v) is 3.78. The van der Waals surface area contributed by atoms with Crippen molar-refractivity contribution in [3.05, 3.63) is 16.3 Å². The molecule has 0 aliphatic carbocycles. The fourth-order valence-corrected chi connectivity index (χ4v) is 2.69. The van der Waals surface area contributed by atoms with E-state index >= 15 is 0 Å². The van der Waals surface area contributed by atoms with E-state index in [2.05, 4.69) is 20.3 Å². The van der Waals surface area contributed by atoms with Crippen LogP contribution < -0.4 is 10.6 Å². The quantitative estimate of drug-likeness (QED) is 0.794. The Labute approximate surface area is 140 Å². The lowest BCUT2D eigenvalue weighted by Gasteiger charge is -2.26. The number of rotatable bonds is 4.